The SMILES string of the molecule is C/C=C1/CC[C@H]2[C@@H]3CC[C@H]4C[C@@H](O[Si](c5ccccc5)(c5ccccc5)C(C)(C)C)CC[C@]4(C)[C@H]3C[C@@H](O)[C@]12C. The van der Waals surface area contributed by atoms with E-state index in [9.17, 15) is 5.11 Å². The fraction of sp³-hybridized carbons (Fsp3) is 0.622. The van der Waals surface area contributed by atoms with Gasteiger partial charge in [0.2, 0.25) is 0 Å². The molecule has 1 N–H and O–H groups in total. The van der Waals surface area contributed by atoms with E-state index in [2.05, 4.69) is 108 Å². The van der Waals surface area contributed by atoms with E-state index in [0.717, 1.165) is 18.8 Å². The van der Waals surface area contributed by atoms with E-state index in [-0.39, 0.29) is 16.6 Å². The lowest BCUT2D eigenvalue weighted by molar-refractivity contribution is -0.152. The molecular weight excluding hydrogens is 504 g/mol. The van der Waals surface area contributed by atoms with Gasteiger partial charge in [0.1, 0.15) is 0 Å². The van der Waals surface area contributed by atoms with Crippen LogP contribution in [0.15, 0.2) is 72.3 Å². The molecule has 2 nitrogen and oxygen atoms in total. The number of hydrogen-bond donors (Lipinski definition) is 1. The summed E-state index contributed by atoms with van der Waals surface area (Å²) in [6, 6.07) is 22.3. The van der Waals surface area contributed by atoms with Crippen LogP contribution in [0.25, 0.3) is 0 Å². The van der Waals surface area contributed by atoms with Crippen LogP contribution < -0.4 is 10.4 Å². The molecule has 4 aliphatic carbocycles. The van der Waals surface area contributed by atoms with Gasteiger partial charge in [-0.3, -0.25) is 0 Å². The fourth-order valence-electron chi connectivity index (χ4n) is 10.6. The molecule has 216 valence electrons. The van der Waals surface area contributed by atoms with Gasteiger partial charge >= 0.3 is 0 Å². The molecule has 4 aliphatic rings. The van der Waals surface area contributed by atoms with E-state index in [1.807, 2.05) is 0 Å². The Bertz CT molecular complexity index is 1180. The molecule has 8 atom stereocenters. The summed E-state index contributed by atoms with van der Waals surface area (Å²) >= 11 is 0. The molecule has 2 aromatic carbocycles. The second-order valence-corrected chi connectivity index (χ2v) is 19.5. The van der Waals surface area contributed by atoms with E-state index in [1.54, 1.807) is 0 Å². The third-order valence-electron chi connectivity index (χ3n) is 12.7. The van der Waals surface area contributed by atoms with Gasteiger partial charge in [-0.25, -0.2) is 0 Å². The molecule has 0 unspecified atom stereocenters. The average molecular weight is 557 g/mol. The average Bonchev–Trinajstić information content (AvgIpc) is 3.30. The summed E-state index contributed by atoms with van der Waals surface area (Å²) in [7, 11) is -2.55. The minimum Gasteiger partial charge on any atom is -0.404 e. The van der Waals surface area contributed by atoms with Crippen molar-refractivity contribution in [3.05, 3.63) is 72.3 Å². The summed E-state index contributed by atoms with van der Waals surface area (Å²) in [5.74, 6) is 2.74. The highest BCUT2D eigenvalue weighted by atomic mass is 28.4. The molecule has 2 aromatic rings. The van der Waals surface area contributed by atoms with Gasteiger partial charge in [0.05, 0.1) is 6.10 Å². The lowest BCUT2D eigenvalue weighted by Crippen LogP contribution is -2.68. The van der Waals surface area contributed by atoms with Crippen molar-refractivity contribution in [2.24, 2.45) is 34.5 Å². The molecule has 0 amide bonds. The van der Waals surface area contributed by atoms with Gasteiger partial charge in [-0.1, -0.05) is 107 Å². The number of allylic oxidation sites excluding steroid dienone is 1. The van der Waals surface area contributed by atoms with Gasteiger partial charge in [0.25, 0.3) is 8.32 Å². The van der Waals surface area contributed by atoms with Crippen LogP contribution in [0.2, 0.25) is 5.04 Å². The van der Waals surface area contributed by atoms with Gasteiger partial charge in [-0.05, 0) is 103 Å². The van der Waals surface area contributed by atoms with Crippen LogP contribution in [0.5, 0.6) is 0 Å². The third-order valence-corrected chi connectivity index (χ3v) is 17.8. The summed E-state index contributed by atoms with van der Waals surface area (Å²) in [5.41, 5.74) is 1.84. The second kappa shape index (κ2) is 10.2. The monoisotopic (exact) mass is 556 g/mol. The van der Waals surface area contributed by atoms with Crippen LogP contribution in [-0.4, -0.2) is 25.6 Å². The molecule has 40 heavy (non-hydrogen) atoms. The summed E-state index contributed by atoms with van der Waals surface area (Å²) < 4.78 is 7.66. The summed E-state index contributed by atoms with van der Waals surface area (Å²) in [4.78, 5) is 0. The maximum absolute atomic E-state index is 11.7. The molecule has 0 saturated heterocycles. The summed E-state index contributed by atoms with van der Waals surface area (Å²) in [6.45, 7) is 14.4. The van der Waals surface area contributed by atoms with Crippen molar-refractivity contribution in [2.45, 2.75) is 110 Å². The van der Waals surface area contributed by atoms with Gasteiger partial charge < -0.3 is 9.53 Å². The van der Waals surface area contributed by atoms with E-state index < -0.39 is 8.32 Å². The van der Waals surface area contributed by atoms with Gasteiger partial charge in [0.15, 0.2) is 0 Å². The number of benzene rings is 2. The first kappa shape index (κ1) is 28.4. The third kappa shape index (κ3) is 4.16. The van der Waals surface area contributed by atoms with Crippen LogP contribution in [0.1, 0.15) is 92.9 Å². The highest BCUT2D eigenvalue weighted by Gasteiger charge is 2.62. The van der Waals surface area contributed by atoms with Crippen LogP contribution >= 0.6 is 0 Å². The summed E-state index contributed by atoms with van der Waals surface area (Å²) in [6.07, 6.45) is 12.1. The maximum Gasteiger partial charge on any atom is 0.261 e. The number of rotatable bonds is 4. The predicted octanol–water partition coefficient (Wildman–Crippen LogP) is 7.89. The Hall–Kier alpha value is -1.68. The molecule has 0 aromatic heterocycles. The first-order valence-electron chi connectivity index (χ1n) is 16.2. The Kier molecular flexibility index (Phi) is 7.28. The van der Waals surface area contributed by atoms with E-state index >= 15 is 0 Å². The Morgan fingerprint density at radius 1 is 0.850 bits per heavy atom. The molecule has 3 heteroatoms. The molecule has 4 saturated carbocycles. The zero-order valence-corrected chi connectivity index (χ0v) is 26.8. The zero-order valence-electron chi connectivity index (χ0n) is 25.8. The Balaban J connectivity index is 1.29. The van der Waals surface area contributed by atoms with Gasteiger partial charge in [-0.2, -0.15) is 0 Å². The standard InChI is InChI=1S/C37H52O2Si/c1-7-26-19-21-32-31-20-18-27-24-28(22-23-36(27,5)33(31)25-34(38)37(26,32)6)39-40(35(2,3)4,29-14-10-8-11-15-29)30-16-12-9-13-17-30/h7-17,27-28,31-34,38H,18-25H2,1-6H3/b26-7-/t27-,28-,31-,32-,33-,34+,36-,37+/m0/s1. The molecule has 6 rings (SSSR count). The highest BCUT2D eigenvalue weighted by Crippen LogP contribution is 2.67. The number of fused-ring (bicyclic) bond motifs is 5. The van der Waals surface area contributed by atoms with Crippen molar-refractivity contribution in [1.29, 1.82) is 0 Å². The van der Waals surface area contributed by atoms with Crippen molar-refractivity contribution in [3.8, 4) is 0 Å². The Morgan fingerprint density at radius 2 is 1.48 bits per heavy atom. The quantitative estimate of drug-likeness (QED) is 0.306. The Morgan fingerprint density at radius 3 is 2.05 bits per heavy atom. The summed E-state index contributed by atoms with van der Waals surface area (Å²) in [5, 5.41) is 14.5. The molecule has 0 spiro atoms. The van der Waals surface area contributed by atoms with Crippen molar-refractivity contribution in [3.63, 3.8) is 0 Å². The number of aliphatic hydroxyl groups excluding tert-OH is 1. The van der Waals surface area contributed by atoms with Crippen molar-refractivity contribution >= 4 is 18.7 Å². The van der Waals surface area contributed by atoms with E-state index in [4.69, 9.17) is 4.43 Å². The molecule has 0 heterocycles. The van der Waals surface area contributed by atoms with E-state index in [0.29, 0.717) is 29.3 Å². The zero-order chi connectivity index (χ0) is 28.3. The molecular formula is C37H52O2Si. The van der Waals surface area contributed by atoms with Crippen LogP contribution in [0.4, 0.5) is 0 Å². The molecule has 0 aliphatic heterocycles. The molecule has 0 radical (unpaired) electrons. The van der Waals surface area contributed by atoms with Gasteiger partial charge in [-0.15, -0.1) is 0 Å². The predicted molar refractivity (Wildman–Crippen MR) is 169 cm³/mol. The smallest absolute Gasteiger partial charge is 0.261 e. The van der Waals surface area contributed by atoms with Crippen molar-refractivity contribution in [2.75, 3.05) is 0 Å². The highest BCUT2D eigenvalue weighted by molar-refractivity contribution is 6.99. The normalized spacial score (nSPS) is 38.9. The Labute approximate surface area is 244 Å². The van der Waals surface area contributed by atoms with Crippen LogP contribution in [0.3, 0.4) is 0 Å². The fourth-order valence-corrected chi connectivity index (χ4v) is 15.3. The van der Waals surface area contributed by atoms with Crippen LogP contribution in [-0.2, 0) is 4.43 Å². The lowest BCUT2D eigenvalue weighted by atomic mass is 9.44. The number of aliphatic hydroxyl groups is 1. The maximum atomic E-state index is 11.7. The minimum atomic E-state index is -2.55. The van der Waals surface area contributed by atoms with E-state index in [1.165, 1.54) is 54.5 Å². The topological polar surface area (TPSA) is 29.5 Å². The lowest BCUT2D eigenvalue weighted by Gasteiger charge is -2.62. The molecule has 0 bridgehead atoms. The van der Waals surface area contributed by atoms with Gasteiger partial charge in [0, 0.05) is 11.5 Å². The van der Waals surface area contributed by atoms with Crippen molar-refractivity contribution in [1.82, 2.24) is 0 Å². The second-order valence-electron chi connectivity index (χ2n) is 15.2. The number of hydrogen-bond acceptors (Lipinski definition) is 2. The minimum absolute atomic E-state index is 0.00268. The first-order chi connectivity index (χ1) is 19.1. The first-order valence-corrected chi connectivity index (χ1v) is 18.1. The molecule has 4 fully saturated rings. The largest absolute Gasteiger partial charge is 0.404 e. The van der Waals surface area contributed by atoms with Crippen molar-refractivity contribution < 1.29 is 9.53 Å². The van der Waals surface area contributed by atoms with Crippen LogP contribution in [0, 0.1) is 34.5 Å².